The maximum atomic E-state index is 2.36. The Kier molecular flexibility index (Phi) is 9.28. The van der Waals surface area contributed by atoms with Crippen molar-refractivity contribution in [1.82, 2.24) is 0 Å². The van der Waals surface area contributed by atoms with Gasteiger partial charge in [-0.05, 0) is 19.8 Å². The minimum Gasteiger partial charge on any atom is -0.0625 e. The summed E-state index contributed by atoms with van der Waals surface area (Å²) in [7, 11) is 0. The molecule has 2 aromatic carbocycles. The van der Waals surface area contributed by atoms with Crippen LogP contribution in [0.3, 0.4) is 0 Å². The molecule has 2 aromatic rings. The lowest BCUT2D eigenvalue weighted by atomic mass is 9.91. The number of rotatable bonds is 0. The summed E-state index contributed by atoms with van der Waals surface area (Å²) in [5.41, 5.74) is 2.64. The summed E-state index contributed by atoms with van der Waals surface area (Å²) >= 11 is 0. The van der Waals surface area contributed by atoms with Crippen molar-refractivity contribution in [2.45, 2.75) is 52.9 Å². The van der Waals surface area contributed by atoms with Crippen molar-refractivity contribution in [3.05, 3.63) is 71.8 Å². The predicted molar refractivity (Wildman–Crippen MR) is 94.6 cm³/mol. The number of benzene rings is 2. The van der Waals surface area contributed by atoms with Gasteiger partial charge in [0.2, 0.25) is 0 Å². The van der Waals surface area contributed by atoms with Crippen LogP contribution in [0.1, 0.15) is 50.2 Å². The van der Waals surface area contributed by atoms with E-state index in [1.165, 1.54) is 43.2 Å². The monoisotopic (exact) mass is 282 g/mol. The fourth-order valence-corrected chi connectivity index (χ4v) is 2.38. The van der Waals surface area contributed by atoms with E-state index in [1.54, 1.807) is 0 Å². The second kappa shape index (κ2) is 11.1. The van der Waals surface area contributed by atoms with Crippen LogP contribution in [0, 0.1) is 19.8 Å². The van der Waals surface area contributed by atoms with Gasteiger partial charge in [0.15, 0.2) is 0 Å². The summed E-state index contributed by atoms with van der Waals surface area (Å²) in [4.78, 5) is 0. The molecule has 0 unspecified atom stereocenters. The van der Waals surface area contributed by atoms with Gasteiger partial charge in [-0.15, -0.1) is 0 Å². The zero-order valence-corrected chi connectivity index (χ0v) is 13.9. The van der Waals surface area contributed by atoms with Crippen molar-refractivity contribution in [2.24, 2.45) is 5.92 Å². The quantitative estimate of drug-likeness (QED) is 0.512. The molecule has 3 rings (SSSR count). The van der Waals surface area contributed by atoms with Crippen molar-refractivity contribution in [3.63, 3.8) is 0 Å². The van der Waals surface area contributed by atoms with Crippen LogP contribution in [0.4, 0.5) is 0 Å². The van der Waals surface area contributed by atoms with Gasteiger partial charge in [0, 0.05) is 0 Å². The molecule has 1 aliphatic rings. The Bertz CT molecular complexity index is 400. The van der Waals surface area contributed by atoms with Crippen molar-refractivity contribution < 1.29 is 0 Å². The highest BCUT2D eigenvalue weighted by molar-refractivity contribution is 5.12. The summed E-state index contributed by atoms with van der Waals surface area (Å²) < 4.78 is 0. The summed E-state index contributed by atoms with van der Waals surface area (Å²) in [6.45, 7) is 6.53. The number of aryl methyl sites for hydroxylation is 2. The lowest BCUT2D eigenvalue weighted by Crippen LogP contribution is -1.99. The van der Waals surface area contributed by atoms with Crippen molar-refractivity contribution in [3.8, 4) is 0 Å². The molecule has 1 saturated carbocycles. The van der Waals surface area contributed by atoms with Crippen molar-refractivity contribution >= 4 is 0 Å². The van der Waals surface area contributed by atoms with Crippen LogP contribution in [-0.2, 0) is 0 Å². The molecule has 114 valence electrons. The molecule has 21 heavy (non-hydrogen) atoms. The lowest BCUT2D eigenvalue weighted by molar-refractivity contribution is 0.385. The molecule has 0 spiro atoms. The normalized spacial score (nSPS) is 14.2. The highest BCUT2D eigenvalue weighted by Gasteiger charge is 2.05. The Morgan fingerprint density at radius 2 is 1.00 bits per heavy atom. The molecule has 1 aliphatic carbocycles. The first-order valence-electron chi connectivity index (χ1n) is 8.22. The summed E-state index contributed by atoms with van der Waals surface area (Å²) in [5, 5.41) is 0. The smallest absolute Gasteiger partial charge is 0.0398 e. The van der Waals surface area contributed by atoms with Crippen LogP contribution in [0.5, 0.6) is 0 Å². The Balaban J connectivity index is 0.000000157. The fourth-order valence-electron chi connectivity index (χ4n) is 2.38. The van der Waals surface area contributed by atoms with Gasteiger partial charge in [-0.1, -0.05) is 111 Å². The minimum atomic E-state index is 1.04. The van der Waals surface area contributed by atoms with Crippen LogP contribution in [0.25, 0.3) is 0 Å². The Labute approximate surface area is 131 Å². The first-order chi connectivity index (χ1) is 10.2. The van der Waals surface area contributed by atoms with Gasteiger partial charge in [0.25, 0.3) is 0 Å². The zero-order chi connectivity index (χ0) is 15.3. The molecule has 0 heteroatoms. The molecule has 0 N–H and O–H groups in total. The molecule has 0 bridgehead atoms. The second-order valence-electron chi connectivity index (χ2n) is 6.05. The van der Waals surface area contributed by atoms with Gasteiger partial charge in [-0.2, -0.15) is 0 Å². The van der Waals surface area contributed by atoms with E-state index in [4.69, 9.17) is 0 Å². The van der Waals surface area contributed by atoms with Gasteiger partial charge < -0.3 is 0 Å². The largest absolute Gasteiger partial charge is 0.0625 e. The lowest BCUT2D eigenvalue weighted by Gasteiger charge is -2.15. The summed E-state index contributed by atoms with van der Waals surface area (Å²) in [6, 6.07) is 20.5. The third-order valence-electron chi connectivity index (χ3n) is 3.77. The molecule has 0 atom stereocenters. The first-order valence-corrected chi connectivity index (χ1v) is 8.22. The Morgan fingerprint density at radius 1 is 0.619 bits per heavy atom. The summed E-state index contributed by atoms with van der Waals surface area (Å²) in [6.07, 6.45) is 7.44. The molecule has 0 nitrogen and oxygen atoms in total. The zero-order valence-electron chi connectivity index (χ0n) is 13.9. The van der Waals surface area contributed by atoms with Gasteiger partial charge in [0.1, 0.15) is 0 Å². The van der Waals surface area contributed by atoms with Gasteiger partial charge in [0.05, 0.1) is 0 Å². The maximum Gasteiger partial charge on any atom is -0.0398 e. The highest BCUT2D eigenvalue weighted by atomic mass is 14.1. The van der Waals surface area contributed by atoms with Crippen molar-refractivity contribution in [1.29, 1.82) is 0 Å². The van der Waals surface area contributed by atoms with Crippen molar-refractivity contribution in [2.75, 3.05) is 0 Å². The first kappa shape index (κ1) is 17.5. The average molecular weight is 282 g/mol. The van der Waals surface area contributed by atoms with E-state index in [1.807, 2.05) is 36.4 Å². The van der Waals surface area contributed by atoms with Gasteiger partial charge in [-0.25, -0.2) is 0 Å². The van der Waals surface area contributed by atoms with Crippen LogP contribution in [0.15, 0.2) is 60.7 Å². The van der Waals surface area contributed by atoms with E-state index in [0.717, 1.165) is 5.92 Å². The molecule has 0 saturated heterocycles. The molecule has 0 aromatic heterocycles. The molecular formula is C21H30. The van der Waals surface area contributed by atoms with Crippen LogP contribution >= 0.6 is 0 Å². The summed E-state index contributed by atoms with van der Waals surface area (Å²) in [5.74, 6) is 1.04. The highest BCUT2D eigenvalue weighted by Crippen LogP contribution is 2.22. The van der Waals surface area contributed by atoms with E-state index in [0.29, 0.717) is 0 Å². The number of hydrogen-bond acceptors (Lipinski definition) is 0. The van der Waals surface area contributed by atoms with Gasteiger partial charge >= 0.3 is 0 Å². The molecule has 0 amide bonds. The molecule has 0 heterocycles. The van der Waals surface area contributed by atoms with E-state index < -0.39 is 0 Å². The number of hydrogen-bond donors (Lipinski definition) is 0. The fraction of sp³-hybridized carbons (Fsp3) is 0.429. The second-order valence-corrected chi connectivity index (χ2v) is 6.05. The minimum absolute atomic E-state index is 1.04. The third-order valence-corrected chi connectivity index (χ3v) is 3.77. The van der Waals surface area contributed by atoms with E-state index in [9.17, 15) is 0 Å². The van der Waals surface area contributed by atoms with E-state index in [2.05, 4.69) is 45.0 Å². The Hall–Kier alpha value is -1.56. The SMILES string of the molecule is CC1CCCCC1.Cc1ccccc1.Cc1ccccc1. The Morgan fingerprint density at radius 3 is 1.19 bits per heavy atom. The molecule has 0 radical (unpaired) electrons. The van der Waals surface area contributed by atoms with E-state index in [-0.39, 0.29) is 0 Å². The average Bonchev–Trinajstić information content (AvgIpc) is 2.51. The third kappa shape index (κ3) is 9.90. The standard InChI is InChI=1S/C7H14.2C7H8/c3*1-7-5-3-2-4-6-7/h7H,2-6H2,1H3;2*2-6H,1H3. The van der Waals surface area contributed by atoms with Crippen LogP contribution in [-0.4, -0.2) is 0 Å². The maximum absolute atomic E-state index is 2.36. The van der Waals surface area contributed by atoms with Crippen LogP contribution in [0.2, 0.25) is 0 Å². The van der Waals surface area contributed by atoms with E-state index >= 15 is 0 Å². The molecular weight excluding hydrogens is 252 g/mol. The molecule has 1 fully saturated rings. The molecule has 0 aliphatic heterocycles. The topological polar surface area (TPSA) is 0 Å². The van der Waals surface area contributed by atoms with Crippen LogP contribution < -0.4 is 0 Å². The predicted octanol–water partition coefficient (Wildman–Crippen LogP) is 6.58. The van der Waals surface area contributed by atoms with Gasteiger partial charge in [-0.3, -0.25) is 0 Å².